The van der Waals surface area contributed by atoms with Crippen LogP contribution in [0.15, 0.2) is 66.7 Å². The van der Waals surface area contributed by atoms with Crippen LogP contribution in [0.2, 0.25) is 5.02 Å². The van der Waals surface area contributed by atoms with E-state index >= 15 is 0 Å². The lowest BCUT2D eigenvalue weighted by Gasteiger charge is -2.21. The summed E-state index contributed by atoms with van der Waals surface area (Å²) in [5.74, 6) is 0.284. The van der Waals surface area contributed by atoms with E-state index in [1.165, 1.54) is 19.2 Å². The van der Waals surface area contributed by atoms with Crippen LogP contribution in [0.1, 0.15) is 77.2 Å². The minimum Gasteiger partial charge on any atom is -0.493 e. The third-order valence-electron chi connectivity index (χ3n) is 10.8. The van der Waals surface area contributed by atoms with E-state index in [1.807, 2.05) is 100 Å². The highest BCUT2D eigenvalue weighted by atomic mass is 35.5. The molecule has 0 unspecified atom stereocenters. The molecule has 0 amide bonds. The number of halogens is 2. The first kappa shape index (κ1) is 42.4. The number of methoxy groups -OCH3 is 1. The monoisotopic (exact) mass is 835 g/mol. The second kappa shape index (κ2) is 17.5. The molecule has 4 aromatic carbocycles. The summed E-state index contributed by atoms with van der Waals surface area (Å²) in [6, 6.07) is 19.6. The molecule has 0 spiro atoms. The van der Waals surface area contributed by atoms with E-state index in [-0.39, 0.29) is 5.82 Å². The first-order valence-corrected chi connectivity index (χ1v) is 20.6. The Bertz CT molecular complexity index is 2740. The van der Waals surface area contributed by atoms with Gasteiger partial charge < -0.3 is 28.1 Å². The molecule has 0 bridgehead atoms. The lowest BCUT2D eigenvalue weighted by Crippen LogP contribution is -2.27. The van der Waals surface area contributed by atoms with Crippen LogP contribution in [-0.2, 0) is 40.8 Å². The minimum atomic E-state index is -0.757. The summed E-state index contributed by atoms with van der Waals surface area (Å²) >= 11 is 7.13. The van der Waals surface area contributed by atoms with Gasteiger partial charge in [-0.2, -0.15) is 5.10 Å². The van der Waals surface area contributed by atoms with Gasteiger partial charge in [0.1, 0.15) is 34.2 Å². The number of imidazole rings is 1. The van der Waals surface area contributed by atoms with Gasteiger partial charge in [0.2, 0.25) is 0 Å². The van der Waals surface area contributed by atoms with Crippen LogP contribution in [0.25, 0.3) is 43.8 Å². The fourth-order valence-electron chi connectivity index (χ4n) is 8.09. The van der Waals surface area contributed by atoms with E-state index in [4.69, 9.17) is 35.6 Å². The molecule has 11 nitrogen and oxygen atoms in total. The Hall–Kier alpha value is -5.72. The summed E-state index contributed by atoms with van der Waals surface area (Å²) in [5, 5.41) is 7.73. The third-order valence-corrected chi connectivity index (χ3v) is 11.1. The number of esters is 2. The van der Waals surface area contributed by atoms with Gasteiger partial charge >= 0.3 is 11.9 Å². The van der Waals surface area contributed by atoms with Gasteiger partial charge in [-0.25, -0.2) is 19.0 Å². The van der Waals surface area contributed by atoms with Gasteiger partial charge in [-0.05, 0) is 114 Å². The van der Waals surface area contributed by atoms with Crippen molar-refractivity contribution in [2.24, 2.45) is 7.05 Å². The number of para-hydroxylation sites is 1. The predicted molar refractivity (Wildman–Crippen MR) is 233 cm³/mol. The van der Waals surface area contributed by atoms with E-state index in [0.717, 1.165) is 61.1 Å². The number of benzene rings is 4. The van der Waals surface area contributed by atoms with E-state index in [9.17, 15) is 14.0 Å². The van der Waals surface area contributed by atoms with Crippen molar-refractivity contribution in [2.75, 3.05) is 26.9 Å². The number of fused-ring (bicyclic) bond motifs is 3. The zero-order chi connectivity index (χ0) is 42.9. The standard InChI is InChI=1S/C47H51ClFN5O6/c1-28-40(29(2)52(7)51-28)41-37(48)21-20-35-34(15-11-25-59-39-17-9-13-31-27-32(49)18-19-33(31)39)44(46(56)60-47(4,5)6)54(43(35)41)23-26-58-24-12-22-53-30(3)50-42-36(45(55)57-8)14-10-16-38(42)53/h9-10,13-14,16-21,27H,11-12,15,22-26H2,1-8H3. The Morgan fingerprint density at radius 2 is 1.62 bits per heavy atom. The number of hydrogen-bond acceptors (Lipinski definition) is 8. The molecule has 7 aromatic rings. The van der Waals surface area contributed by atoms with Gasteiger partial charge in [-0.3, -0.25) is 4.68 Å². The van der Waals surface area contributed by atoms with E-state index in [0.29, 0.717) is 79.7 Å². The Kier molecular flexibility index (Phi) is 12.4. The van der Waals surface area contributed by atoms with Gasteiger partial charge in [0.05, 0.1) is 47.6 Å². The first-order valence-electron chi connectivity index (χ1n) is 20.2. The minimum absolute atomic E-state index is 0.302. The Morgan fingerprint density at radius 3 is 2.35 bits per heavy atom. The molecule has 0 aliphatic heterocycles. The van der Waals surface area contributed by atoms with Crippen molar-refractivity contribution >= 4 is 56.2 Å². The van der Waals surface area contributed by atoms with Crippen molar-refractivity contribution in [2.45, 2.75) is 79.5 Å². The number of aromatic nitrogens is 5. The molecule has 0 N–H and O–H groups in total. The Morgan fingerprint density at radius 1 is 0.850 bits per heavy atom. The fraction of sp³-hybridized carbons (Fsp3) is 0.362. The topological polar surface area (TPSA) is 112 Å². The lowest BCUT2D eigenvalue weighted by molar-refractivity contribution is 0.00547. The average Bonchev–Trinajstić information content (AvgIpc) is 3.79. The summed E-state index contributed by atoms with van der Waals surface area (Å²) in [6.07, 6.45) is 1.76. The number of carbonyl (C=O) groups is 2. The average molecular weight is 836 g/mol. The highest BCUT2D eigenvalue weighted by Crippen LogP contribution is 2.42. The quantitative estimate of drug-likeness (QED) is 0.0742. The summed E-state index contributed by atoms with van der Waals surface area (Å²) in [7, 11) is 3.27. The number of nitrogens with zero attached hydrogens (tertiary/aromatic N) is 5. The number of ether oxygens (including phenoxy) is 4. The molecule has 7 rings (SSSR count). The van der Waals surface area contributed by atoms with E-state index in [2.05, 4.69) is 9.55 Å². The number of carbonyl (C=O) groups excluding carboxylic acids is 2. The van der Waals surface area contributed by atoms with Crippen molar-refractivity contribution < 1.29 is 32.9 Å². The maximum absolute atomic E-state index is 14.4. The SMILES string of the molecule is COC(=O)c1cccc2c1nc(C)n2CCCOCCn1c(C(=O)OC(C)(C)C)c(CCCOc2cccc3cc(F)ccc23)c2ccc(Cl)c(-c3c(C)nn(C)c3C)c21. The highest BCUT2D eigenvalue weighted by Gasteiger charge is 2.30. The molecular formula is C47H51ClFN5O6. The second-order valence-corrected chi connectivity index (χ2v) is 16.4. The normalized spacial score (nSPS) is 11.9. The molecule has 3 aromatic heterocycles. The predicted octanol–water partition coefficient (Wildman–Crippen LogP) is 10.1. The molecule has 314 valence electrons. The van der Waals surface area contributed by atoms with Gasteiger partial charge in [0, 0.05) is 54.3 Å². The van der Waals surface area contributed by atoms with Crippen molar-refractivity contribution in [1.82, 2.24) is 23.9 Å². The zero-order valence-corrected chi connectivity index (χ0v) is 36.2. The summed E-state index contributed by atoms with van der Waals surface area (Å²) in [4.78, 5) is 31.5. The van der Waals surface area contributed by atoms with Gasteiger partial charge in [-0.15, -0.1) is 0 Å². The second-order valence-electron chi connectivity index (χ2n) is 16.0. The maximum Gasteiger partial charge on any atom is 0.355 e. The molecule has 60 heavy (non-hydrogen) atoms. The molecule has 0 aliphatic carbocycles. The molecule has 0 saturated heterocycles. The van der Waals surface area contributed by atoms with Gasteiger partial charge in [-0.1, -0.05) is 35.9 Å². The van der Waals surface area contributed by atoms with Crippen LogP contribution in [-0.4, -0.2) is 68.4 Å². The van der Waals surface area contributed by atoms with E-state index in [1.54, 1.807) is 12.1 Å². The van der Waals surface area contributed by atoms with Crippen LogP contribution in [0.4, 0.5) is 4.39 Å². The van der Waals surface area contributed by atoms with Crippen molar-refractivity contribution in [3.8, 4) is 16.9 Å². The molecule has 0 fully saturated rings. The molecule has 0 saturated carbocycles. The molecule has 0 atom stereocenters. The Labute approximate surface area is 353 Å². The van der Waals surface area contributed by atoms with E-state index < -0.39 is 17.5 Å². The van der Waals surface area contributed by atoms with Crippen LogP contribution >= 0.6 is 11.6 Å². The maximum atomic E-state index is 14.4. The van der Waals surface area contributed by atoms with Gasteiger partial charge in [0.15, 0.2) is 0 Å². The van der Waals surface area contributed by atoms with Gasteiger partial charge in [0.25, 0.3) is 0 Å². The summed E-state index contributed by atoms with van der Waals surface area (Å²) in [5.41, 5.74) is 6.67. The highest BCUT2D eigenvalue weighted by molar-refractivity contribution is 6.35. The van der Waals surface area contributed by atoms with Crippen LogP contribution in [0.5, 0.6) is 5.75 Å². The van der Waals surface area contributed by atoms with Crippen molar-refractivity contribution in [3.63, 3.8) is 0 Å². The van der Waals surface area contributed by atoms with Crippen molar-refractivity contribution in [1.29, 1.82) is 0 Å². The lowest BCUT2D eigenvalue weighted by atomic mass is 9.98. The van der Waals surface area contributed by atoms with Crippen LogP contribution < -0.4 is 4.74 Å². The van der Waals surface area contributed by atoms with Crippen molar-refractivity contribution in [3.05, 3.63) is 112 Å². The van der Waals surface area contributed by atoms with Crippen LogP contribution in [0, 0.1) is 26.6 Å². The number of aryl methyl sites for hydroxylation is 5. The smallest absolute Gasteiger partial charge is 0.355 e. The largest absolute Gasteiger partial charge is 0.493 e. The fourth-order valence-corrected chi connectivity index (χ4v) is 8.33. The van der Waals surface area contributed by atoms with Crippen LogP contribution in [0.3, 0.4) is 0 Å². The summed E-state index contributed by atoms with van der Waals surface area (Å²) < 4.78 is 43.6. The third kappa shape index (κ3) is 8.49. The Balaban J connectivity index is 1.20. The molecule has 0 aliphatic rings. The molecule has 0 radical (unpaired) electrons. The first-order chi connectivity index (χ1) is 28.7. The number of rotatable bonds is 15. The number of hydrogen-bond donors (Lipinski definition) is 0. The zero-order valence-electron chi connectivity index (χ0n) is 35.4. The molecule has 13 heteroatoms. The molecular weight excluding hydrogens is 785 g/mol. The summed E-state index contributed by atoms with van der Waals surface area (Å²) in [6.45, 7) is 13.5. The molecule has 3 heterocycles.